The second-order valence-corrected chi connectivity index (χ2v) is 9.16. The van der Waals surface area contributed by atoms with Crippen molar-refractivity contribution < 1.29 is 9.72 Å². The minimum absolute atomic E-state index is 0.0320. The van der Waals surface area contributed by atoms with Crippen LogP contribution in [0.5, 0.6) is 0 Å². The van der Waals surface area contributed by atoms with E-state index >= 15 is 0 Å². The molecule has 1 N–H and O–H groups in total. The molecular formula is C19H23ClN6O3S. The largest absolute Gasteiger partial charge is 0.341 e. The summed E-state index contributed by atoms with van der Waals surface area (Å²) >= 11 is 7.15. The van der Waals surface area contributed by atoms with Gasteiger partial charge in [0.05, 0.1) is 10.7 Å². The summed E-state index contributed by atoms with van der Waals surface area (Å²) in [5.74, 6) is 1.51. The van der Waals surface area contributed by atoms with Gasteiger partial charge < -0.3 is 10.2 Å². The monoisotopic (exact) mass is 450 g/mol. The first-order chi connectivity index (χ1) is 14.4. The van der Waals surface area contributed by atoms with Crippen LogP contribution >= 0.6 is 23.4 Å². The van der Waals surface area contributed by atoms with Crippen LogP contribution in [0.25, 0.3) is 0 Å². The van der Waals surface area contributed by atoms with Crippen LogP contribution in [0, 0.1) is 16.0 Å². The van der Waals surface area contributed by atoms with Crippen LogP contribution in [0.4, 0.5) is 17.3 Å². The third-order valence-corrected chi connectivity index (χ3v) is 6.65. The highest BCUT2D eigenvalue weighted by Gasteiger charge is 2.32. The number of hydrogen-bond acceptors (Lipinski definition) is 7. The van der Waals surface area contributed by atoms with Crippen LogP contribution in [-0.4, -0.2) is 44.4 Å². The topological polar surface area (TPSA) is 106 Å². The molecule has 9 nitrogen and oxygen atoms in total. The lowest BCUT2D eigenvalue weighted by Gasteiger charge is -2.31. The Morgan fingerprint density at radius 3 is 2.70 bits per heavy atom. The van der Waals surface area contributed by atoms with Crippen molar-refractivity contribution in [2.24, 2.45) is 5.92 Å². The number of amides is 1. The van der Waals surface area contributed by atoms with Gasteiger partial charge in [0.1, 0.15) is 5.02 Å². The Kier molecular flexibility index (Phi) is 6.14. The van der Waals surface area contributed by atoms with Crippen LogP contribution in [0.15, 0.2) is 23.4 Å². The molecule has 0 bridgehead atoms. The quantitative estimate of drug-likeness (QED) is 0.383. The minimum atomic E-state index is -0.576. The number of carbonyl (C=O) groups excluding carboxylic acids is 1. The molecule has 2 heterocycles. The number of nitro benzene ring substituents is 1. The fourth-order valence-electron chi connectivity index (χ4n) is 3.50. The predicted octanol–water partition coefficient (Wildman–Crippen LogP) is 4.14. The number of benzene rings is 1. The third-order valence-electron chi connectivity index (χ3n) is 5.38. The minimum Gasteiger partial charge on any atom is -0.341 e. The van der Waals surface area contributed by atoms with Crippen LogP contribution in [-0.2, 0) is 4.79 Å². The lowest BCUT2D eigenvalue weighted by molar-refractivity contribution is -0.384. The summed E-state index contributed by atoms with van der Waals surface area (Å²) in [6.45, 7) is 4.23. The number of carbonyl (C=O) groups is 1. The average molecular weight is 451 g/mol. The predicted molar refractivity (Wildman–Crippen MR) is 116 cm³/mol. The maximum Gasteiger partial charge on any atom is 0.289 e. The summed E-state index contributed by atoms with van der Waals surface area (Å²) in [5.41, 5.74) is 0.0968. The van der Waals surface area contributed by atoms with Crippen molar-refractivity contribution in [3.63, 3.8) is 0 Å². The molecule has 2 aliphatic rings. The first-order valence-electron chi connectivity index (χ1n) is 9.99. The van der Waals surface area contributed by atoms with E-state index in [9.17, 15) is 14.9 Å². The number of thioether (sulfide) groups is 1. The maximum atomic E-state index is 12.4. The molecule has 1 aliphatic heterocycles. The summed E-state index contributed by atoms with van der Waals surface area (Å²) in [7, 11) is 0. The molecule has 11 heteroatoms. The summed E-state index contributed by atoms with van der Waals surface area (Å²) in [6.07, 6.45) is 4.50. The fraction of sp³-hybridized carbons (Fsp3) is 0.526. The molecule has 0 unspecified atom stereocenters. The summed E-state index contributed by atoms with van der Waals surface area (Å²) < 4.78 is 2.17. The molecule has 30 heavy (non-hydrogen) atoms. The zero-order chi connectivity index (χ0) is 21.3. The first-order valence-corrected chi connectivity index (χ1v) is 11.3. The van der Waals surface area contributed by atoms with E-state index in [1.54, 1.807) is 6.07 Å². The van der Waals surface area contributed by atoms with E-state index in [0.29, 0.717) is 11.7 Å². The van der Waals surface area contributed by atoms with E-state index in [0.717, 1.165) is 55.8 Å². The molecule has 2 aromatic rings. The number of anilines is 2. The fourth-order valence-corrected chi connectivity index (χ4v) is 4.49. The molecule has 4 rings (SSSR count). The van der Waals surface area contributed by atoms with Crippen LogP contribution in [0.1, 0.15) is 38.6 Å². The standard InChI is InChI=1S/C19H23ClN6O3S/c1-12-6-8-24(9-7-12)18-22-23-19(25(18)14-3-4-14)30-11-17(27)21-13-2-5-15(20)16(10-13)26(28)29/h2,5,10,12,14H,3-4,6-9,11H2,1H3,(H,21,27). The third kappa shape index (κ3) is 4.70. The van der Waals surface area contributed by atoms with Gasteiger partial charge in [-0.1, -0.05) is 30.3 Å². The summed E-state index contributed by atoms with van der Waals surface area (Å²) in [6, 6.07) is 4.60. The Balaban J connectivity index is 1.41. The number of piperidine rings is 1. The highest BCUT2D eigenvalue weighted by atomic mass is 35.5. The molecule has 0 atom stereocenters. The normalized spacial score (nSPS) is 17.2. The number of hydrogen-bond donors (Lipinski definition) is 1. The van der Waals surface area contributed by atoms with Crippen LogP contribution < -0.4 is 10.2 Å². The van der Waals surface area contributed by atoms with Gasteiger partial charge in [-0.15, -0.1) is 10.2 Å². The van der Waals surface area contributed by atoms with Gasteiger partial charge in [-0.05, 0) is 43.7 Å². The Hall–Kier alpha value is -2.33. The average Bonchev–Trinajstić information content (AvgIpc) is 3.47. The highest BCUT2D eigenvalue weighted by Crippen LogP contribution is 2.41. The smallest absolute Gasteiger partial charge is 0.289 e. The van der Waals surface area contributed by atoms with Crippen LogP contribution in [0.3, 0.4) is 0 Å². The SMILES string of the molecule is CC1CCN(c2nnc(SCC(=O)Nc3ccc(Cl)c([N+](=O)[O-])c3)n2C2CC2)CC1. The Bertz CT molecular complexity index is 956. The van der Waals surface area contributed by atoms with Crippen molar-refractivity contribution in [1.29, 1.82) is 0 Å². The molecule has 1 amide bonds. The second kappa shape index (κ2) is 8.81. The summed E-state index contributed by atoms with van der Waals surface area (Å²) in [4.78, 5) is 25.1. The first kappa shape index (κ1) is 20.9. The van der Waals surface area contributed by atoms with Gasteiger partial charge in [0.25, 0.3) is 5.69 Å². The Morgan fingerprint density at radius 1 is 1.30 bits per heavy atom. The van der Waals surface area contributed by atoms with Gasteiger partial charge in [0, 0.05) is 30.9 Å². The second-order valence-electron chi connectivity index (χ2n) is 7.81. The van der Waals surface area contributed by atoms with E-state index in [4.69, 9.17) is 11.6 Å². The highest BCUT2D eigenvalue weighted by molar-refractivity contribution is 7.99. The van der Waals surface area contributed by atoms with Gasteiger partial charge in [-0.3, -0.25) is 19.5 Å². The number of aromatic nitrogens is 3. The van der Waals surface area contributed by atoms with E-state index in [1.165, 1.54) is 23.9 Å². The summed E-state index contributed by atoms with van der Waals surface area (Å²) in [5, 5.41) is 23.2. The van der Waals surface area contributed by atoms with Crippen molar-refractivity contribution in [1.82, 2.24) is 14.8 Å². The van der Waals surface area contributed by atoms with Gasteiger partial charge in [-0.25, -0.2) is 0 Å². The van der Waals surface area contributed by atoms with Crippen LogP contribution in [0.2, 0.25) is 5.02 Å². The van der Waals surface area contributed by atoms with Gasteiger partial charge >= 0.3 is 0 Å². The van der Waals surface area contributed by atoms with E-state index in [1.807, 2.05) is 0 Å². The molecule has 160 valence electrons. The van der Waals surface area contributed by atoms with Crippen molar-refractivity contribution in [2.45, 2.75) is 43.8 Å². The van der Waals surface area contributed by atoms with Crippen molar-refractivity contribution in [2.75, 3.05) is 29.1 Å². The van der Waals surface area contributed by atoms with E-state index in [2.05, 4.69) is 31.9 Å². The molecule has 0 radical (unpaired) electrons. The number of nitro groups is 1. The molecule has 2 fully saturated rings. The number of rotatable bonds is 7. The molecule has 1 aromatic carbocycles. The van der Waals surface area contributed by atoms with Gasteiger partial charge in [0.2, 0.25) is 11.9 Å². The Labute approximate surface area is 183 Å². The van der Waals surface area contributed by atoms with Gasteiger partial charge in [0.15, 0.2) is 5.16 Å². The molecular weight excluding hydrogens is 428 g/mol. The van der Waals surface area contributed by atoms with Crippen molar-refractivity contribution in [3.8, 4) is 0 Å². The lowest BCUT2D eigenvalue weighted by atomic mass is 10.00. The zero-order valence-corrected chi connectivity index (χ0v) is 18.2. The molecule has 0 spiro atoms. The number of nitrogens with one attached hydrogen (secondary N) is 1. The number of halogens is 1. The lowest BCUT2D eigenvalue weighted by Crippen LogP contribution is -2.34. The molecule has 1 aliphatic carbocycles. The maximum absolute atomic E-state index is 12.4. The molecule has 1 saturated carbocycles. The molecule has 1 aromatic heterocycles. The van der Waals surface area contributed by atoms with Crippen molar-refractivity contribution >= 4 is 46.6 Å². The number of nitrogens with zero attached hydrogens (tertiary/aromatic N) is 5. The Morgan fingerprint density at radius 2 is 2.03 bits per heavy atom. The van der Waals surface area contributed by atoms with E-state index in [-0.39, 0.29) is 22.4 Å². The van der Waals surface area contributed by atoms with Gasteiger partial charge in [-0.2, -0.15) is 0 Å². The van der Waals surface area contributed by atoms with Crippen molar-refractivity contribution in [3.05, 3.63) is 33.3 Å². The zero-order valence-electron chi connectivity index (χ0n) is 16.6. The van der Waals surface area contributed by atoms with E-state index < -0.39 is 4.92 Å². The molecule has 1 saturated heterocycles.